The van der Waals surface area contributed by atoms with E-state index in [1.54, 1.807) is 64.5 Å². The molecule has 0 saturated carbocycles. The molecule has 11 heteroatoms. The Morgan fingerprint density at radius 1 is 0.615 bits per heavy atom. The van der Waals surface area contributed by atoms with Gasteiger partial charge in [0.2, 0.25) is 23.1 Å². The molecule has 2 rings (SSSR count). The zero-order valence-electron chi connectivity index (χ0n) is 24.0. The van der Waals surface area contributed by atoms with Crippen LogP contribution in [-0.2, 0) is 21.7 Å². The van der Waals surface area contributed by atoms with Crippen LogP contribution < -0.4 is 18.9 Å². The summed E-state index contributed by atoms with van der Waals surface area (Å²) in [5.74, 6) is 2.24. The van der Waals surface area contributed by atoms with Gasteiger partial charge in [0.25, 0.3) is 0 Å². The zero-order chi connectivity index (χ0) is 29.7. The van der Waals surface area contributed by atoms with E-state index in [4.69, 9.17) is 38.7 Å². The fourth-order valence-electron chi connectivity index (χ4n) is 2.55. The Balaban J connectivity index is -0.000000541. The average Bonchev–Trinajstić information content (AvgIpc) is 2.88. The molecule has 2 aromatic rings. The van der Waals surface area contributed by atoms with Crippen molar-refractivity contribution in [3.8, 4) is 23.0 Å². The maximum absolute atomic E-state index is 9.66. The molecule has 0 radical (unpaired) electrons. The first kappa shape index (κ1) is 40.2. The number of ether oxygens (including phenoxy) is 4. The monoisotopic (exact) mass is 588 g/mol. The Morgan fingerprint density at radius 3 is 1.08 bits per heavy atom. The van der Waals surface area contributed by atoms with E-state index in [0.717, 1.165) is 0 Å². The van der Waals surface area contributed by atoms with Crippen LogP contribution in [0.25, 0.3) is 0 Å². The summed E-state index contributed by atoms with van der Waals surface area (Å²) in [5.41, 5.74) is 1.09. The minimum absolute atomic E-state index is 0. The standard InChI is InChI=1S/2C12H13O4.2C2H6O.Ti/c2*1-8(13)6-10(14)9-4-5-11(15-2)12(7-9)16-3;2*1-2-3;/h2*4-7H,1-3H3;2*3H,2H2,1H3;/q2*-1;;;/p+6. The number of hydrogen-bond donors (Lipinski definition) is 0. The number of carbonyl (C=O) groups excluding carboxylic acids is 4. The molecule has 0 amide bonds. The van der Waals surface area contributed by atoms with Crippen LogP contribution >= 0.6 is 0 Å². The van der Waals surface area contributed by atoms with Gasteiger partial charge < -0.3 is 38.7 Å². The van der Waals surface area contributed by atoms with E-state index >= 15 is 0 Å². The second-order valence-corrected chi connectivity index (χ2v) is 7.19. The minimum Gasteiger partial charge on any atom is -0.494 e. The van der Waals surface area contributed by atoms with Gasteiger partial charge in [-0.3, -0.25) is 9.59 Å². The van der Waals surface area contributed by atoms with Gasteiger partial charge in [-0.15, -0.1) is 12.1 Å². The average molecular weight is 589 g/mol. The molecule has 0 bridgehead atoms. The maximum Gasteiger partial charge on any atom is 0.247 e. The zero-order valence-corrected chi connectivity index (χ0v) is 25.5. The van der Waals surface area contributed by atoms with Crippen molar-refractivity contribution in [1.82, 2.24) is 0 Å². The molecule has 39 heavy (non-hydrogen) atoms. The summed E-state index contributed by atoms with van der Waals surface area (Å²) in [6.07, 6.45) is 2.53. The fourth-order valence-corrected chi connectivity index (χ4v) is 2.55. The van der Waals surface area contributed by atoms with Crippen molar-refractivity contribution < 1.29 is 70.1 Å². The number of rotatable bonds is 10. The van der Waals surface area contributed by atoms with Crippen LogP contribution in [0.4, 0.5) is 0 Å². The van der Waals surface area contributed by atoms with Gasteiger partial charge in [-0.25, -0.2) is 0 Å². The van der Waals surface area contributed by atoms with Crippen molar-refractivity contribution in [2.75, 3.05) is 41.7 Å². The van der Waals surface area contributed by atoms with Gasteiger partial charge in [0.1, 0.15) is 24.7 Å². The Hall–Kier alpha value is -3.31. The van der Waals surface area contributed by atoms with E-state index in [0.29, 0.717) is 47.3 Å². The molecule has 0 aliphatic rings. The third kappa shape index (κ3) is 17.0. The van der Waals surface area contributed by atoms with Crippen molar-refractivity contribution in [2.24, 2.45) is 0 Å². The van der Waals surface area contributed by atoms with E-state index in [2.05, 4.69) is 0 Å². The molecular weight excluding hydrogens is 544 g/mol. The molecule has 0 fully saturated rings. The van der Waals surface area contributed by atoms with Crippen LogP contribution in [0, 0.1) is 12.8 Å². The van der Waals surface area contributed by atoms with E-state index in [1.165, 1.54) is 40.9 Å². The van der Waals surface area contributed by atoms with Gasteiger partial charge in [-0.1, -0.05) is 23.3 Å². The summed E-state index contributed by atoms with van der Waals surface area (Å²) in [4.78, 5) is 37.4. The molecule has 8 N–H and O–H groups in total. The Kier molecular flexibility index (Phi) is 24.5. The van der Waals surface area contributed by atoms with E-state index in [9.17, 15) is 9.59 Å². The van der Waals surface area contributed by atoms with Crippen LogP contribution in [-0.4, -0.2) is 94.2 Å². The number of ketones is 4. The third-order valence-electron chi connectivity index (χ3n) is 4.05. The van der Waals surface area contributed by atoms with Crippen molar-refractivity contribution in [3.63, 3.8) is 0 Å². The summed E-state index contributed by atoms with van der Waals surface area (Å²) >= 11 is 0. The van der Waals surface area contributed by atoms with Gasteiger partial charge in [0.15, 0.2) is 11.5 Å². The van der Waals surface area contributed by atoms with Gasteiger partial charge in [-0.05, 0) is 25.0 Å². The van der Waals surface area contributed by atoms with Crippen LogP contribution in [0.5, 0.6) is 23.0 Å². The predicted octanol–water partition coefficient (Wildman–Crippen LogP) is 2.19. The van der Waals surface area contributed by atoms with Gasteiger partial charge in [0, 0.05) is 49.4 Å². The minimum atomic E-state index is -0.0269. The predicted molar refractivity (Wildman–Crippen MR) is 153 cm³/mol. The van der Waals surface area contributed by atoms with E-state index in [-0.39, 0.29) is 44.9 Å². The van der Waals surface area contributed by atoms with Crippen molar-refractivity contribution >= 4 is 23.1 Å². The SMILES string of the molecule is CC[OH2+].CC[OH2+].COc1ccc(C(=[OH+])[CH-]C(C)=[OH+])cc1OC.COc1ccc(C(=[OH+])[CH-]C(C)=[OH+])cc1OC.[Ti]. The Morgan fingerprint density at radius 2 is 0.872 bits per heavy atom. The summed E-state index contributed by atoms with van der Waals surface area (Å²) in [6.45, 7) is 7.55. The van der Waals surface area contributed by atoms with Crippen LogP contribution in [0.2, 0.25) is 0 Å². The van der Waals surface area contributed by atoms with Crippen LogP contribution in [0.15, 0.2) is 36.4 Å². The molecule has 10 nitrogen and oxygen atoms in total. The first-order valence-electron chi connectivity index (χ1n) is 11.6. The number of benzene rings is 2. The second-order valence-electron chi connectivity index (χ2n) is 7.19. The van der Waals surface area contributed by atoms with E-state index < -0.39 is 0 Å². The summed E-state index contributed by atoms with van der Waals surface area (Å²) < 4.78 is 20.3. The van der Waals surface area contributed by atoms with Crippen LogP contribution in [0.1, 0.15) is 38.8 Å². The largest absolute Gasteiger partial charge is 0.494 e. The van der Waals surface area contributed by atoms with Crippen molar-refractivity contribution in [1.29, 1.82) is 0 Å². The van der Waals surface area contributed by atoms with Gasteiger partial charge >= 0.3 is 0 Å². The molecule has 216 valence electrons. The smallest absolute Gasteiger partial charge is 0.247 e. The molecule has 0 aliphatic carbocycles. The molecule has 0 saturated heterocycles. The number of methoxy groups -OCH3 is 4. The van der Waals surface area contributed by atoms with Gasteiger partial charge in [-0.2, -0.15) is 0 Å². The molecule has 0 spiro atoms. The molecule has 0 unspecified atom stereocenters. The first-order valence-corrected chi connectivity index (χ1v) is 11.6. The molecule has 0 aromatic heterocycles. The van der Waals surface area contributed by atoms with Gasteiger partial charge in [0.05, 0.1) is 28.4 Å². The van der Waals surface area contributed by atoms with Crippen molar-refractivity contribution in [2.45, 2.75) is 27.7 Å². The Labute approximate surface area is 245 Å². The fraction of sp³-hybridized carbons (Fsp3) is 0.357. The first-order chi connectivity index (χ1) is 18.0. The normalized spacial score (nSPS) is 8.67. The van der Waals surface area contributed by atoms with Crippen molar-refractivity contribution in [3.05, 3.63) is 60.4 Å². The molecular formula is C28H44O10Ti+4. The number of hydrogen-bond acceptors (Lipinski definition) is 4. The summed E-state index contributed by atoms with van der Waals surface area (Å²) in [5, 5.41) is 12.4. The quantitative estimate of drug-likeness (QED) is 0.136. The molecule has 0 heterocycles. The van der Waals surface area contributed by atoms with Crippen LogP contribution in [0.3, 0.4) is 0 Å². The Bertz CT molecular complexity index is 940. The third-order valence-corrected chi connectivity index (χ3v) is 4.05. The maximum atomic E-state index is 9.66. The summed E-state index contributed by atoms with van der Waals surface area (Å²) in [6, 6.07) is 9.99. The second kappa shape index (κ2) is 23.8. The summed E-state index contributed by atoms with van der Waals surface area (Å²) in [7, 11) is 6.12. The molecule has 0 aliphatic heterocycles. The van der Waals surface area contributed by atoms with E-state index in [1.807, 2.05) is 0 Å². The molecule has 0 atom stereocenters. The molecule has 2 aromatic carbocycles. The topological polar surface area (TPSA) is 168 Å².